The van der Waals surface area contributed by atoms with E-state index in [0.717, 1.165) is 16.4 Å². The third kappa shape index (κ3) is 4.07. The average molecular weight is 489 g/mol. The van der Waals surface area contributed by atoms with Gasteiger partial charge in [-0.15, -0.1) is 0 Å². The van der Waals surface area contributed by atoms with E-state index in [1.165, 1.54) is 18.2 Å². The number of hydrogen-bond acceptors (Lipinski definition) is 6. The van der Waals surface area contributed by atoms with Crippen molar-refractivity contribution < 1.29 is 31.4 Å². The third-order valence-electron chi connectivity index (χ3n) is 5.14. The largest absolute Gasteiger partial charge is 0.393 e. The molecule has 2 N–H and O–H groups in total. The van der Waals surface area contributed by atoms with Gasteiger partial charge in [-0.25, -0.2) is 26.1 Å². The zero-order valence-electron chi connectivity index (χ0n) is 16.2. The summed E-state index contributed by atoms with van der Waals surface area (Å²) in [5.41, 5.74) is -2.01. The predicted molar refractivity (Wildman–Crippen MR) is 111 cm³/mol. The zero-order valence-corrected chi connectivity index (χ0v) is 18.5. The number of rotatable bonds is 5. The minimum atomic E-state index is -4.49. The van der Waals surface area contributed by atoms with E-state index >= 15 is 0 Å². The van der Waals surface area contributed by atoms with Crippen molar-refractivity contribution in [2.24, 2.45) is 0 Å². The van der Waals surface area contributed by atoms with Gasteiger partial charge in [-0.1, -0.05) is 29.8 Å². The maximum Gasteiger partial charge on any atom is 0.244 e. The molecule has 166 valence electrons. The number of sulfone groups is 1. The van der Waals surface area contributed by atoms with E-state index in [1.54, 1.807) is 6.92 Å². The molecule has 0 amide bonds. The van der Waals surface area contributed by atoms with Crippen molar-refractivity contribution in [1.29, 1.82) is 0 Å². The quantitative estimate of drug-likeness (QED) is 0.621. The maximum absolute atomic E-state index is 14.0. The zero-order chi connectivity index (χ0) is 23.2. The van der Waals surface area contributed by atoms with Gasteiger partial charge >= 0.3 is 0 Å². The summed E-state index contributed by atoms with van der Waals surface area (Å²) >= 11 is 6.06. The van der Waals surface area contributed by atoms with Crippen LogP contribution < -0.4 is 0 Å². The molecular weight excluding hydrogens is 471 g/mol. The molecule has 31 heavy (non-hydrogen) atoms. The summed E-state index contributed by atoms with van der Waals surface area (Å²) < 4.78 is 67.1. The number of nitrogens with zero attached hydrogens (tertiary/aromatic N) is 2. The van der Waals surface area contributed by atoms with Crippen LogP contribution in [0.3, 0.4) is 0 Å². The first-order chi connectivity index (χ1) is 14.4. The first kappa shape index (κ1) is 23.6. The molecule has 1 fully saturated rings. The lowest BCUT2D eigenvalue weighted by Crippen LogP contribution is -2.49. The number of aliphatic hydroxyl groups is 2. The normalized spacial score (nSPS) is 22.4. The Morgan fingerprint density at radius 1 is 1.26 bits per heavy atom. The summed E-state index contributed by atoms with van der Waals surface area (Å²) in [5.74, 6) is -1.07. The monoisotopic (exact) mass is 488 g/mol. The Bertz CT molecular complexity index is 1290. The van der Waals surface area contributed by atoms with Gasteiger partial charge < -0.3 is 10.2 Å². The predicted octanol–water partition coefficient (Wildman–Crippen LogP) is 1.91. The van der Waals surface area contributed by atoms with E-state index in [1.807, 2.05) is 0 Å². The molecule has 0 bridgehead atoms. The molecule has 2 atom stereocenters. The summed E-state index contributed by atoms with van der Waals surface area (Å²) in [6.07, 6.45) is 0. The molecule has 12 heteroatoms. The van der Waals surface area contributed by atoms with Crippen LogP contribution >= 0.6 is 11.6 Å². The van der Waals surface area contributed by atoms with Crippen molar-refractivity contribution in [2.75, 3.05) is 19.7 Å². The number of hydrogen-bond donors (Lipinski definition) is 2. The number of halogens is 2. The molecule has 0 unspecified atom stereocenters. The molecule has 0 spiro atoms. The molecule has 0 aromatic heterocycles. The minimum absolute atomic E-state index is 0.0735. The van der Waals surface area contributed by atoms with Gasteiger partial charge in [0.2, 0.25) is 15.7 Å². The van der Waals surface area contributed by atoms with Gasteiger partial charge in [-0.05, 0) is 30.7 Å². The fraction of sp³-hybridized carbons (Fsp3) is 0.316. The molecule has 0 radical (unpaired) electrons. The van der Waals surface area contributed by atoms with E-state index in [2.05, 4.69) is 4.85 Å². The van der Waals surface area contributed by atoms with Crippen LogP contribution in [-0.2, 0) is 19.9 Å². The third-order valence-corrected chi connectivity index (χ3v) is 9.68. The van der Waals surface area contributed by atoms with Crippen LogP contribution in [0.15, 0.2) is 46.2 Å². The Balaban J connectivity index is 2.04. The summed E-state index contributed by atoms with van der Waals surface area (Å²) in [6, 6.07) is 6.82. The van der Waals surface area contributed by atoms with Gasteiger partial charge in [-0.2, -0.15) is 4.31 Å². The van der Waals surface area contributed by atoms with Crippen LogP contribution in [0.5, 0.6) is 0 Å². The molecule has 2 aromatic carbocycles. The van der Waals surface area contributed by atoms with Gasteiger partial charge in [0.05, 0.1) is 23.1 Å². The van der Waals surface area contributed by atoms with Crippen LogP contribution in [0.25, 0.3) is 4.85 Å². The lowest BCUT2D eigenvalue weighted by molar-refractivity contribution is 0.00159. The number of sulfonamides is 1. The molecular formula is C19H18ClFN2O6S2. The Morgan fingerprint density at radius 3 is 2.48 bits per heavy atom. The molecule has 8 nitrogen and oxygen atoms in total. The van der Waals surface area contributed by atoms with Crippen molar-refractivity contribution in [3.8, 4) is 0 Å². The topological polar surface area (TPSA) is 116 Å². The summed E-state index contributed by atoms with van der Waals surface area (Å²) in [5, 5.41) is 18.7. The number of β-amino-alcohol motifs (C(OH)–C–C–N with tert-alkyl or cyclic N) is 1. The van der Waals surface area contributed by atoms with Crippen LogP contribution in [0.1, 0.15) is 5.56 Å². The molecule has 1 aliphatic heterocycles. The van der Waals surface area contributed by atoms with Crippen LogP contribution in [0.4, 0.5) is 10.1 Å². The first-order valence-electron chi connectivity index (χ1n) is 8.87. The van der Waals surface area contributed by atoms with Crippen molar-refractivity contribution in [2.45, 2.75) is 27.6 Å². The Labute approximate surface area is 184 Å². The van der Waals surface area contributed by atoms with Crippen molar-refractivity contribution >= 4 is 37.1 Å². The van der Waals surface area contributed by atoms with Crippen molar-refractivity contribution in [3.05, 3.63) is 64.2 Å². The Hall–Kier alpha value is -2.07. The second-order valence-corrected chi connectivity index (χ2v) is 11.7. The Kier molecular flexibility index (Phi) is 6.18. The Morgan fingerprint density at radius 2 is 1.94 bits per heavy atom. The fourth-order valence-electron chi connectivity index (χ4n) is 3.42. The highest BCUT2D eigenvalue weighted by atomic mass is 35.5. The van der Waals surface area contributed by atoms with Crippen LogP contribution in [0.2, 0.25) is 5.02 Å². The van der Waals surface area contributed by atoms with Gasteiger partial charge in [0.1, 0.15) is 21.6 Å². The van der Waals surface area contributed by atoms with E-state index in [4.69, 9.17) is 18.2 Å². The van der Waals surface area contributed by atoms with E-state index in [-0.39, 0.29) is 15.6 Å². The summed E-state index contributed by atoms with van der Waals surface area (Å²) in [6.45, 7) is 6.13. The van der Waals surface area contributed by atoms with E-state index in [9.17, 15) is 31.4 Å². The van der Waals surface area contributed by atoms with Crippen molar-refractivity contribution in [1.82, 2.24) is 4.31 Å². The minimum Gasteiger partial charge on any atom is -0.393 e. The lowest BCUT2D eigenvalue weighted by Gasteiger charge is -2.26. The molecule has 0 aliphatic carbocycles. The number of aliphatic hydroxyl groups excluding tert-OH is 1. The van der Waals surface area contributed by atoms with Crippen molar-refractivity contribution in [3.63, 3.8) is 0 Å². The number of benzene rings is 2. The highest BCUT2D eigenvalue weighted by molar-refractivity contribution is 7.92. The highest BCUT2D eigenvalue weighted by Gasteiger charge is 2.55. The molecule has 1 saturated heterocycles. The second-order valence-electron chi connectivity index (χ2n) is 7.25. The van der Waals surface area contributed by atoms with Crippen LogP contribution in [-0.4, -0.2) is 61.9 Å². The first-order valence-corrected chi connectivity index (χ1v) is 12.2. The second kappa shape index (κ2) is 8.12. The summed E-state index contributed by atoms with van der Waals surface area (Å²) in [7, 11) is -8.80. The summed E-state index contributed by atoms with van der Waals surface area (Å²) in [4.78, 5) is 2.11. The standard InChI is InChI=1S/C19H18ClFN2O6S2/c1-12-3-6-17(14(20)7-12)31(28,29)23-9-18(19(25,10-23)11-24)30(26,27)13-4-5-16(22-2)15(21)8-13/h3-8,18,24-25H,9-11H2,1H3/t18-,19-/m0/s1. The SMILES string of the molecule is [C-]#[N+]c1ccc(S(=O)(=O)[C@H]2CN(S(=O)(=O)c3ccc(C)cc3Cl)C[C@]2(O)CO)cc1F. The molecule has 0 saturated carbocycles. The van der Waals surface area contributed by atoms with E-state index in [0.29, 0.717) is 11.6 Å². The van der Waals surface area contributed by atoms with Gasteiger partial charge in [-0.3, -0.25) is 0 Å². The number of aryl methyl sites for hydroxylation is 1. The highest BCUT2D eigenvalue weighted by Crippen LogP contribution is 2.36. The van der Waals surface area contributed by atoms with Gasteiger partial charge in [0.15, 0.2) is 9.84 Å². The van der Waals surface area contributed by atoms with Gasteiger partial charge in [0.25, 0.3) is 0 Å². The average Bonchev–Trinajstić information content (AvgIpc) is 3.07. The van der Waals surface area contributed by atoms with Gasteiger partial charge in [0, 0.05) is 13.1 Å². The molecule has 1 aliphatic rings. The fourth-order valence-corrected chi connectivity index (χ4v) is 7.56. The molecule has 2 aromatic rings. The van der Waals surface area contributed by atoms with Crippen LogP contribution in [0, 0.1) is 19.3 Å². The smallest absolute Gasteiger partial charge is 0.244 e. The lowest BCUT2D eigenvalue weighted by atomic mass is 10.1. The van der Waals surface area contributed by atoms with E-state index < -0.39 is 61.1 Å². The maximum atomic E-state index is 14.0. The molecule has 1 heterocycles. The molecule has 3 rings (SSSR count).